The Morgan fingerprint density at radius 1 is 1.14 bits per heavy atom. The fourth-order valence-electron chi connectivity index (χ4n) is 2.90. The van der Waals surface area contributed by atoms with Crippen LogP contribution in [0.15, 0.2) is 29.2 Å². The van der Waals surface area contributed by atoms with Crippen molar-refractivity contribution in [2.75, 3.05) is 23.5 Å². The number of alkyl halides is 1. The number of benzene rings is 1. The summed E-state index contributed by atoms with van der Waals surface area (Å²) in [6.07, 6.45) is 6.16. The molecule has 0 spiro atoms. The van der Waals surface area contributed by atoms with Crippen LogP contribution in [0.2, 0.25) is 0 Å². The minimum Gasteiger partial charge on any atom is -0.384 e. The summed E-state index contributed by atoms with van der Waals surface area (Å²) < 4.78 is 23.6. The van der Waals surface area contributed by atoms with Crippen molar-refractivity contribution in [1.82, 2.24) is 0 Å². The molecule has 0 aromatic heterocycles. The molecule has 0 bridgehead atoms. The first-order chi connectivity index (χ1) is 10.0. The molecule has 3 nitrogen and oxygen atoms in total. The summed E-state index contributed by atoms with van der Waals surface area (Å²) in [5, 5.41) is 3.42. The van der Waals surface area contributed by atoms with Gasteiger partial charge in [-0.1, -0.05) is 26.2 Å². The highest BCUT2D eigenvalue weighted by Crippen LogP contribution is 2.37. The molecule has 1 aliphatic rings. The topological polar surface area (TPSA) is 46.2 Å². The second-order valence-corrected chi connectivity index (χ2v) is 8.52. The summed E-state index contributed by atoms with van der Waals surface area (Å²) in [7, 11) is -3.12. The van der Waals surface area contributed by atoms with Crippen LogP contribution < -0.4 is 5.32 Å². The van der Waals surface area contributed by atoms with Crippen LogP contribution in [0.5, 0.6) is 0 Å². The van der Waals surface area contributed by atoms with Crippen molar-refractivity contribution in [3.8, 4) is 0 Å². The first kappa shape index (κ1) is 16.6. The van der Waals surface area contributed by atoms with Crippen molar-refractivity contribution < 1.29 is 8.42 Å². The molecule has 0 heterocycles. The number of sulfone groups is 1. The van der Waals surface area contributed by atoms with Crippen molar-refractivity contribution in [2.45, 2.75) is 43.9 Å². The van der Waals surface area contributed by atoms with Gasteiger partial charge in [0, 0.05) is 23.5 Å². The first-order valence-electron chi connectivity index (χ1n) is 7.64. The van der Waals surface area contributed by atoms with Crippen molar-refractivity contribution in [2.24, 2.45) is 5.41 Å². The van der Waals surface area contributed by atoms with E-state index in [0.29, 0.717) is 10.8 Å². The maximum atomic E-state index is 11.8. The molecule has 5 heteroatoms. The van der Waals surface area contributed by atoms with Gasteiger partial charge in [0.05, 0.1) is 10.6 Å². The van der Waals surface area contributed by atoms with Crippen LogP contribution in [-0.2, 0) is 9.84 Å². The molecule has 1 fully saturated rings. The average Bonchev–Trinajstić information content (AvgIpc) is 2.54. The van der Waals surface area contributed by atoms with E-state index in [-0.39, 0.29) is 11.2 Å². The lowest BCUT2D eigenvalue weighted by Gasteiger charge is -2.36. The molecule has 0 aliphatic heterocycles. The second kappa shape index (κ2) is 7.01. The van der Waals surface area contributed by atoms with E-state index >= 15 is 0 Å². The zero-order valence-electron chi connectivity index (χ0n) is 12.6. The quantitative estimate of drug-likeness (QED) is 0.800. The van der Waals surface area contributed by atoms with E-state index in [4.69, 9.17) is 11.6 Å². The predicted molar refractivity (Wildman–Crippen MR) is 88.9 cm³/mol. The van der Waals surface area contributed by atoms with Crippen LogP contribution in [-0.4, -0.2) is 26.6 Å². The van der Waals surface area contributed by atoms with Crippen molar-refractivity contribution in [1.29, 1.82) is 0 Å². The van der Waals surface area contributed by atoms with Crippen molar-refractivity contribution >= 4 is 27.1 Å². The summed E-state index contributed by atoms with van der Waals surface area (Å²) in [5.41, 5.74) is 1.15. The highest BCUT2D eigenvalue weighted by molar-refractivity contribution is 7.91. The van der Waals surface area contributed by atoms with E-state index in [1.807, 2.05) is 12.1 Å². The van der Waals surface area contributed by atoms with Gasteiger partial charge in [0.1, 0.15) is 0 Å². The van der Waals surface area contributed by atoms with Crippen LogP contribution >= 0.6 is 11.6 Å². The molecule has 0 amide bonds. The standard InChI is InChI=1S/C16H24ClNO2S/c1-2-21(19,20)15-8-6-14(7-9-15)18-13-16(12-17)10-4-3-5-11-16/h6-9,18H,2-5,10-13H2,1H3. The average molecular weight is 330 g/mol. The molecule has 1 N–H and O–H groups in total. The summed E-state index contributed by atoms with van der Waals surface area (Å²) in [4.78, 5) is 0.389. The van der Waals surface area contributed by atoms with E-state index in [1.54, 1.807) is 19.1 Å². The highest BCUT2D eigenvalue weighted by atomic mass is 35.5. The lowest BCUT2D eigenvalue weighted by Crippen LogP contribution is -2.33. The lowest BCUT2D eigenvalue weighted by atomic mass is 9.75. The number of nitrogens with one attached hydrogen (secondary N) is 1. The molecule has 0 atom stereocenters. The molecule has 0 radical (unpaired) electrons. The fourth-order valence-corrected chi connectivity index (χ4v) is 4.14. The summed E-state index contributed by atoms with van der Waals surface area (Å²) in [5.74, 6) is 0.817. The molecule has 1 aromatic carbocycles. The third-order valence-corrected chi connectivity index (χ3v) is 6.78. The van der Waals surface area contributed by atoms with Gasteiger partial charge in [-0.15, -0.1) is 11.6 Å². The highest BCUT2D eigenvalue weighted by Gasteiger charge is 2.30. The molecule has 1 aliphatic carbocycles. The van der Waals surface area contributed by atoms with E-state index in [9.17, 15) is 8.42 Å². The monoisotopic (exact) mass is 329 g/mol. The Morgan fingerprint density at radius 2 is 1.76 bits per heavy atom. The van der Waals surface area contributed by atoms with Crippen molar-refractivity contribution in [3.63, 3.8) is 0 Å². The Hall–Kier alpha value is -0.740. The Kier molecular flexibility index (Phi) is 5.55. The molecular formula is C16H24ClNO2S. The van der Waals surface area contributed by atoms with Crippen LogP contribution in [0.3, 0.4) is 0 Å². The number of hydrogen-bond donors (Lipinski definition) is 1. The zero-order chi connectivity index (χ0) is 15.3. The first-order valence-corrected chi connectivity index (χ1v) is 9.83. The lowest BCUT2D eigenvalue weighted by molar-refractivity contribution is 0.238. The second-order valence-electron chi connectivity index (χ2n) is 5.98. The predicted octanol–water partition coefficient (Wildman–Crippen LogP) is 4.08. The van der Waals surface area contributed by atoms with Gasteiger partial charge in [-0.05, 0) is 37.1 Å². The van der Waals surface area contributed by atoms with Gasteiger partial charge >= 0.3 is 0 Å². The number of hydrogen-bond acceptors (Lipinski definition) is 3. The van der Waals surface area contributed by atoms with Gasteiger partial charge in [0.25, 0.3) is 0 Å². The minimum absolute atomic E-state index is 0.134. The van der Waals surface area contributed by atoms with Crippen molar-refractivity contribution in [3.05, 3.63) is 24.3 Å². The third kappa shape index (κ3) is 4.13. The molecule has 21 heavy (non-hydrogen) atoms. The van der Waals surface area contributed by atoms with Gasteiger partial charge < -0.3 is 5.32 Å². The van der Waals surface area contributed by atoms with Crippen LogP contribution in [0, 0.1) is 5.41 Å². The minimum atomic E-state index is -3.12. The van der Waals surface area contributed by atoms with Crippen LogP contribution in [0.4, 0.5) is 5.69 Å². The van der Waals surface area contributed by atoms with E-state index in [0.717, 1.165) is 12.2 Å². The van der Waals surface area contributed by atoms with Crippen LogP contribution in [0.25, 0.3) is 0 Å². The number of anilines is 1. The molecule has 1 saturated carbocycles. The molecule has 2 rings (SSSR count). The summed E-state index contributed by atoms with van der Waals surface area (Å²) in [6, 6.07) is 7.03. The largest absolute Gasteiger partial charge is 0.384 e. The molecule has 1 aromatic rings. The molecular weight excluding hydrogens is 306 g/mol. The number of rotatable bonds is 6. The van der Waals surface area contributed by atoms with Crippen LogP contribution in [0.1, 0.15) is 39.0 Å². The fraction of sp³-hybridized carbons (Fsp3) is 0.625. The molecule has 0 saturated heterocycles. The van der Waals surface area contributed by atoms with Gasteiger partial charge in [-0.25, -0.2) is 8.42 Å². The smallest absolute Gasteiger partial charge is 0.178 e. The van der Waals surface area contributed by atoms with E-state index in [2.05, 4.69) is 5.32 Å². The summed E-state index contributed by atoms with van der Waals surface area (Å²) in [6.45, 7) is 2.52. The zero-order valence-corrected chi connectivity index (χ0v) is 14.1. The normalized spacial score (nSPS) is 18.4. The Morgan fingerprint density at radius 3 is 2.29 bits per heavy atom. The van der Waals surface area contributed by atoms with E-state index in [1.165, 1.54) is 32.1 Å². The Labute approximate surface area is 133 Å². The summed E-state index contributed by atoms with van der Waals surface area (Å²) >= 11 is 6.19. The van der Waals surface area contributed by atoms with Gasteiger partial charge in [0.15, 0.2) is 9.84 Å². The molecule has 0 unspecified atom stereocenters. The maximum Gasteiger partial charge on any atom is 0.178 e. The third-order valence-electron chi connectivity index (χ3n) is 4.46. The Balaban J connectivity index is 2.00. The van der Waals surface area contributed by atoms with Gasteiger partial charge in [0.2, 0.25) is 0 Å². The van der Waals surface area contributed by atoms with Gasteiger partial charge in [-0.3, -0.25) is 0 Å². The SMILES string of the molecule is CCS(=O)(=O)c1ccc(NCC2(CCl)CCCCC2)cc1. The maximum absolute atomic E-state index is 11.8. The number of halogens is 1. The van der Waals surface area contributed by atoms with Gasteiger partial charge in [-0.2, -0.15) is 0 Å². The van der Waals surface area contributed by atoms with E-state index < -0.39 is 9.84 Å². The Bertz CT molecular complexity index is 548. The molecule has 118 valence electrons.